The van der Waals surface area contributed by atoms with Crippen LogP contribution in [0.25, 0.3) is 0 Å². The molecule has 8 heteroatoms. The first kappa shape index (κ1) is 15.8. The number of carbonyl (C=O) groups is 1. The van der Waals surface area contributed by atoms with Crippen LogP contribution in [0.1, 0.15) is 26.6 Å². The summed E-state index contributed by atoms with van der Waals surface area (Å²) in [6, 6.07) is 6.10. The molecule has 0 aliphatic rings. The molecule has 3 rings (SSSR count). The summed E-state index contributed by atoms with van der Waals surface area (Å²) in [5.74, 6) is 0.624. The van der Waals surface area contributed by atoms with E-state index in [9.17, 15) is 4.79 Å². The maximum Gasteiger partial charge on any atom is 0.216 e. The Morgan fingerprint density at radius 2 is 2.30 bits per heavy atom. The number of hydrogen-bond donors (Lipinski definition) is 2. The van der Waals surface area contributed by atoms with Crippen LogP contribution in [0.2, 0.25) is 0 Å². The van der Waals surface area contributed by atoms with Gasteiger partial charge in [-0.1, -0.05) is 17.8 Å². The average molecular weight is 347 g/mol. The Morgan fingerprint density at radius 3 is 2.96 bits per heavy atom. The second-order valence-electron chi connectivity index (χ2n) is 5.17. The Bertz CT molecular complexity index is 819. The van der Waals surface area contributed by atoms with Gasteiger partial charge in [0, 0.05) is 21.8 Å². The van der Waals surface area contributed by atoms with Gasteiger partial charge in [0.05, 0.1) is 12.3 Å². The minimum absolute atomic E-state index is 0.0731. The molecule has 0 fully saturated rings. The lowest BCUT2D eigenvalue weighted by Crippen LogP contribution is -2.07. The number of nitrogens with two attached hydrogens (primary N) is 1. The third kappa shape index (κ3) is 3.48. The summed E-state index contributed by atoms with van der Waals surface area (Å²) in [5.41, 5.74) is 8.32. The predicted octanol–water partition coefficient (Wildman–Crippen LogP) is 2.89. The van der Waals surface area contributed by atoms with E-state index < -0.39 is 0 Å². The first-order valence-corrected chi connectivity index (χ1v) is 8.94. The number of hydrogen-bond acceptors (Lipinski definition) is 6. The van der Waals surface area contributed by atoms with Crippen molar-refractivity contribution in [1.29, 1.82) is 0 Å². The van der Waals surface area contributed by atoms with E-state index in [1.165, 1.54) is 16.6 Å². The van der Waals surface area contributed by atoms with Gasteiger partial charge in [-0.15, -0.1) is 16.4 Å². The largest absolute Gasteiger partial charge is 0.368 e. The number of Topliss-reactive ketones (excluding diaryl/α,β-unsaturated/α-hetero) is 1. The van der Waals surface area contributed by atoms with E-state index in [0.29, 0.717) is 10.9 Å². The van der Waals surface area contributed by atoms with Crippen molar-refractivity contribution in [2.45, 2.75) is 25.5 Å². The normalized spacial score (nSPS) is 11.0. The highest BCUT2D eigenvalue weighted by Crippen LogP contribution is 2.22. The summed E-state index contributed by atoms with van der Waals surface area (Å²) >= 11 is 3.00. The summed E-state index contributed by atoms with van der Waals surface area (Å²) in [4.78, 5) is 17.7. The van der Waals surface area contributed by atoms with E-state index >= 15 is 0 Å². The van der Waals surface area contributed by atoms with Gasteiger partial charge in [0.2, 0.25) is 11.1 Å². The fourth-order valence-corrected chi connectivity index (χ4v) is 3.80. The van der Waals surface area contributed by atoms with Gasteiger partial charge in [-0.25, -0.2) is 5.10 Å². The van der Waals surface area contributed by atoms with Gasteiger partial charge in [-0.05, 0) is 31.4 Å². The predicted molar refractivity (Wildman–Crippen MR) is 93.2 cm³/mol. The van der Waals surface area contributed by atoms with Crippen LogP contribution in [0.15, 0.2) is 28.7 Å². The molecule has 0 aliphatic carbocycles. The van der Waals surface area contributed by atoms with Crippen molar-refractivity contribution in [3.05, 3.63) is 45.4 Å². The molecule has 3 aromatic heterocycles. The molecule has 0 aromatic carbocycles. The first-order chi connectivity index (χ1) is 11.0. The lowest BCUT2D eigenvalue weighted by Gasteiger charge is -2.08. The SMILES string of the molecule is Cc1cc(C(=O)CSc2n[nH]c(N)n2)c(C)n1Cc1cccs1. The number of carbonyl (C=O) groups excluding carboxylic acids is 1. The van der Waals surface area contributed by atoms with E-state index in [1.807, 2.05) is 26.0 Å². The molecule has 0 spiro atoms. The highest BCUT2D eigenvalue weighted by atomic mass is 32.2. The third-order valence-electron chi connectivity index (χ3n) is 3.58. The average Bonchev–Trinajstić information content (AvgIpc) is 3.23. The minimum atomic E-state index is 0.0731. The number of nitrogens with one attached hydrogen (secondary N) is 1. The van der Waals surface area contributed by atoms with E-state index in [0.717, 1.165) is 23.5 Å². The Balaban J connectivity index is 1.73. The molecule has 0 atom stereocenters. The molecule has 23 heavy (non-hydrogen) atoms. The number of anilines is 1. The fraction of sp³-hybridized carbons (Fsp3) is 0.267. The number of nitrogen functional groups attached to an aromatic ring is 1. The van der Waals surface area contributed by atoms with Crippen LogP contribution in [-0.2, 0) is 6.54 Å². The van der Waals surface area contributed by atoms with Crippen LogP contribution in [0, 0.1) is 13.8 Å². The van der Waals surface area contributed by atoms with Crippen LogP contribution >= 0.6 is 23.1 Å². The van der Waals surface area contributed by atoms with Crippen molar-refractivity contribution in [2.75, 3.05) is 11.5 Å². The lowest BCUT2D eigenvalue weighted by molar-refractivity contribution is 0.102. The highest BCUT2D eigenvalue weighted by Gasteiger charge is 2.17. The van der Waals surface area contributed by atoms with Crippen LogP contribution in [0.3, 0.4) is 0 Å². The molecule has 0 unspecified atom stereocenters. The maximum absolute atomic E-state index is 12.5. The number of aromatic nitrogens is 4. The molecule has 0 amide bonds. The molecule has 3 N–H and O–H groups in total. The Kier molecular flexibility index (Phi) is 4.53. The number of aryl methyl sites for hydroxylation is 1. The van der Waals surface area contributed by atoms with E-state index in [4.69, 9.17) is 5.73 Å². The summed E-state index contributed by atoms with van der Waals surface area (Å²) in [6.45, 7) is 4.82. The van der Waals surface area contributed by atoms with Gasteiger partial charge in [0.15, 0.2) is 5.78 Å². The molecule has 0 aliphatic heterocycles. The van der Waals surface area contributed by atoms with Gasteiger partial charge in [0.25, 0.3) is 0 Å². The molecule has 3 aromatic rings. The first-order valence-electron chi connectivity index (χ1n) is 7.07. The van der Waals surface area contributed by atoms with Gasteiger partial charge in [-0.3, -0.25) is 4.79 Å². The molecule has 0 bridgehead atoms. The van der Waals surface area contributed by atoms with Crippen LogP contribution in [-0.4, -0.2) is 31.3 Å². The Morgan fingerprint density at radius 1 is 1.48 bits per heavy atom. The van der Waals surface area contributed by atoms with Gasteiger partial charge in [-0.2, -0.15) is 4.98 Å². The van der Waals surface area contributed by atoms with Crippen molar-refractivity contribution in [1.82, 2.24) is 19.7 Å². The zero-order valence-electron chi connectivity index (χ0n) is 12.9. The zero-order valence-corrected chi connectivity index (χ0v) is 14.5. The number of thioether (sulfide) groups is 1. The number of thiophene rings is 1. The van der Waals surface area contributed by atoms with Crippen molar-refractivity contribution in [2.24, 2.45) is 0 Å². The summed E-state index contributed by atoms with van der Waals surface area (Å²) in [5, 5.41) is 9.04. The summed E-state index contributed by atoms with van der Waals surface area (Å²) in [7, 11) is 0. The van der Waals surface area contributed by atoms with Gasteiger partial charge < -0.3 is 10.3 Å². The lowest BCUT2D eigenvalue weighted by atomic mass is 10.2. The number of aromatic amines is 1. The Labute approximate surface area is 142 Å². The number of ketones is 1. The second kappa shape index (κ2) is 6.59. The van der Waals surface area contributed by atoms with Crippen molar-refractivity contribution < 1.29 is 4.79 Å². The van der Waals surface area contributed by atoms with Gasteiger partial charge in [0.1, 0.15) is 0 Å². The van der Waals surface area contributed by atoms with Crippen LogP contribution < -0.4 is 5.73 Å². The van der Waals surface area contributed by atoms with Crippen molar-refractivity contribution in [3.63, 3.8) is 0 Å². The molecule has 6 nitrogen and oxygen atoms in total. The second-order valence-corrected chi connectivity index (χ2v) is 7.14. The molecular formula is C15H17N5OS2. The number of H-pyrrole nitrogens is 1. The summed E-state index contributed by atoms with van der Waals surface area (Å²) in [6.07, 6.45) is 0. The Hall–Kier alpha value is -2.06. The maximum atomic E-state index is 12.5. The van der Waals surface area contributed by atoms with E-state index in [-0.39, 0.29) is 11.7 Å². The molecule has 0 radical (unpaired) electrons. The third-order valence-corrected chi connectivity index (χ3v) is 5.29. The zero-order chi connectivity index (χ0) is 16.4. The van der Waals surface area contributed by atoms with E-state index in [1.54, 1.807) is 11.3 Å². The highest BCUT2D eigenvalue weighted by molar-refractivity contribution is 7.99. The topological polar surface area (TPSA) is 89.6 Å². The monoisotopic (exact) mass is 347 g/mol. The van der Waals surface area contributed by atoms with Crippen molar-refractivity contribution >= 4 is 34.8 Å². The van der Waals surface area contributed by atoms with Crippen LogP contribution in [0.4, 0.5) is 5.95 Å². The standard InChI is InChI=1S/C15H17N5OS2/c1-9-6-12(10(2)20(9)7-11-4-3-5-22-11)13(21)8-23-15-17-14(16)18-19-15/h3-6H,7-8H2,1-2H3,(H3,16,17,18,19). The number of nitrogens with zero attached hydrogens (tertiary/aromatic N) is 3. The molecule has 3 heterocycles. The molecular weight excluding hydrogens is 330 g/mol. The number of rotatable bonds is 6. The quantitative estimate of drug-likeness (QED) is 0.528. The van der Waals surface area contributed by atoms with E-state index in [2.05, 4.69) is 31.2 Å². The van der Waals surface area contributed by atoms with Gasteiger partial charge >= 0.3 is 0 Å². The van der Waals surface area contributed by atoms with Crippen LogP contribution in [0.5, 0.6) is 0 Å². The summed E-state index contributed by atoms with van der Waals surface area (Å²) < 4.78 is 2.18. The molecule has 0 saturated carbocycles. The van der Waals surface area contributed by atoms with Crippen molar-refractivity contribution in [3.8, 4) is 0 Å². The molecule has 120 valence electrons. The molecule has 0 saturated heterocycles. The minimum Gasteiger partial charge on any atom is -0.368 e. The fourth-order valence-electron chi connectivity index (χ4n) is 2.42. The smallest absolute Gasteiger partial charge is 0.216 e.